The van der Waals surface area contributed by atoms with Gasteiger partial charge in [-0.05, 0) is 23.9 Å². The van der Waals surface area contributed by atoms with Gasteiger partial charge in [0.25, 0.3) is 0 Å². The molecule has 0 aliphatic carbocycles. The average Bonchev–Trinajstić information content (AvgIpc) is 2.92. The van der Waals surface area contributed by atoms with Gasteiger partial charge in [-0.3, -0.25) is 0 Å². The first-order chi connectivity index (χ1) is 10.1. The largest absolute Gasteiger partial charge is 0.476 e. The van der Waals surface area contributed by atoms with E-state index in [4.69, 9.17) is 0 Å². The van der Waals surface area contributed by atoms with Crippen LogP contribution in [0.2, 0.25) is 0 Å². The maximum Gasteiger partial charge on any atom is 0.358 e. The average molecular weight is 346 g/mol. The van der Waals surface area contributed by atoms with Gasteiger partial charge >= 0.3 is 5.97 Å². The molecule has 0 atom stereocenters. The number of benzene rings is 2. The van der Waals surface area contributed by atoms with E-state index in [2.05, 4.69) is 26.2 Å². The van der Waals surface area contributed by atoms with Gasteiger partial charge in [0.15, 0.2) is 5.69 Å². The standard InChI is InChI=1S/C15H12BrN3O2/c1-2-12-14(15(20)21)17-18-19(12)13-8-7-11(16)9-5-3-4-6-10(9)13/h3-8H,2H2,1H3,(H,20,21). The molecule has 106 valence electrons. The second kappa shape index (κ2) is 5.29. The summed E-state index contributed by atoms with van der Waals surface area (Å²) in [6.07, 6.45) is 0.541. The number of fused-ring (bicyclic) bond motifs is 1. The summed E-state index contributed by atoms with van der Waals surface area (Å²) in [5, 5.41) is 19.0. The Morgan fingerprint density at radius 2 is 1.95 bits per heavy atom. The third kappa shape index (κ3) is 2.21. The van der Waals surface area contributed by atoms with Crippen LogP contribution in [0.5, 0.6) is 0 Å². The first-order valence-electron chi connectivity index (χ1n) is 6.49. The number of rotatable bonds is 3. The van der Waals surface area contributed by atoms with E-state index in [-0.39, 0.29) is 5.69 Å². The molecule has 6 heteroatoms. The lowest BCUT2D eigenvalue weighted by molar-refractivity contribution is 0.0689. The van der Waals surface area contributed by atoms with Gasteiger partial charge in [0.2, 0.25) is 0 Å². The summed E-state index contributed by atoms with van der Waals surface area (Å²) in [7, 11) is 0. The Hall–Kier alpha value is -2.21. The van der Waals surface area contributed by atoms with Gasteiger partial charge in [-0.1, -0.05) is 52.3 Å². The maximum absolute atomic E-state index is 11.2. The molecule has 1 N–H and O–H groups in total. The number of hydrogen-bond acceptors (Lipinski definition) is 3. The number of aromatic carboxylic acids is 1. The van der Waals surface area contributed by atoms with Crippen molar-refractivity contribution in [3.05, 3.63) is 52.3 Å². The SMILES string of the molecule is CCc1c(C(=O)O)nnn1-c1ccc(Br)c2ccccc12. The van der Waals surface area contributed by atoms with Gasteiger partial charge in [0.1, 0.15) is 0 Å². The molecule has 1 aromatic heterocycles. The molecule has 2 aromatic carbocycles. The summed E-state index contributed by atoms with van der Waals surface area (Å²) in [6, 6.07) is 11.7. The maximum atomic E-state index is 11.2. The molecule has 0 aliphatic heterocycles. The Kier molecular flexibility index (Phi) is 3.47. The minimum atomic E-state index is -1.06. The summed E-state index contributed by atoms with van der Waals surface area (Å²) in [5.41, 5.74) is 1.42. The molecule has 0 aliphatic rings. The van der Waals surface area contributed by atoms with Crippen LogP contribution in [-0.2, 0) is 6.42 Å². The number of carboxylic acids is 1. The zero-order valence-electron chi connectivity index (χ0n) is 11.2. The number of nitrogens with zero attached hydrogens (tertiary/aromatic N) is 3. The third-order valence-corrected chi connectivity index (χ3v) is 4.07. The van der Waals surface area contributed by atoms with Crippen LogP contribution in [0.4, 0.5) is 0 Å². The molecule has 0 fully saturated rings. The van der Waals surface area contributed by atoms with Crippen molar-refractivity contribution in [2.45, 2.75) is 13.3 Å². The predicted octanol–water partition coefficient (Wildman–Crippen LogP) is 3.44. The van der Waals surface area contributed by atoms with E-state index in [1.807, 2.05) is 43.3 Å². The third-order valence-electron chi connectivity index (χ3n) is 3.38. The number of halogens is 1. The van der Waals surface area contributed by atoms with Crippen LogP contribution in [-0.4, -0.2) is 26.1 Å². The lowest BCUT2D eigenvalue weighted by Crippen LogP contribution is -2.06. The molecule has 3 rings (SSSR count). The normalized spacial score (nSPS) is 11.0. The molecule has 3 aromatic rings. The molecule has 0 radical (unpaired) electrons. The Labute approximate surface area is 129 Å². The van der Waals surface area contributed by atoms with Crippen LogP contribution >= 0.6 is 15.9 Å². The second-order valence-corrected chi connectivity index (χ2v) is 5.42. The van der Waals surface area contributed by atoms with Crippen molar-refractivity contribution in [1.29, 1.82) is 0 Å². The van der Waals surface area contributed by atoms with Crippen LogP contribution in [0.1, 0.15) is 23.1 Å². The molecule has 5 nitrogen and oxygen atoms in total. The topological polar surface area (TPSA) is 68.0 Å². The van der Waals surface area contributed by atoms with Crippen molar-refractivity contribution >= 4 is 32.7 Å². The Morgan fingerprint density at radius 3 is 2.62 bits per heavy atom. The fourth-order valence-electron chi connectivity index (χ4n) is 2.41. The smallest absolute Gasteiger partial charge is 0.358 e. The highest BCUT2D eigenvalue weighted by Crippen LogP contribution is 2.29. The van der Waals surface area contributed by atoms with Crippen LogP contribution in [0.3, 0.4) is 0 Å². The summed E-state index contributed by atoms with van der Waals surface area (Å²) in [6.45, 7) is 1.89. The molecule has 0 spiro atoms. The van der Waals surface area contributed by atoms with E-state index in [1.165, 1.54) is 0 Å². The summed E-state index contributed by atoms with van der Waals surface area (Å²) >= 11 is 3.53. The minimum absolute atomic E-state index is 0.00417. The summed E-state index contributed by atoms with van der Waals surface area (Å²) in [4.78, 5) is 11.2. The highest BCUT2D eigenvalue weighted by atomic mass is 79.9. The first-order valence-corrected chi connectivity index (χ1v) is 7.28. The van der Waals surface area contributed by atoms with Crippen molar-refractivity contribution in [1.82, 2.24) is 15.0 Å². The predicted molar refractivity (Wildman–Crippen MR) is 82.9 cm³/mol. The van der Waals surface area contributed by atoms with Crippen LogP contribution < -0.4 is 0 Å². The van der Waals surface area contributed by atoms with Crippen LogP contribution in [0, 0.1) is 0 Å². The molecule has 1 heterocycles. The van der Waals surface area contributed by atoms with E-state index in [0.29, 0.717) is 12.1 Å². The molecular formula is C15H12BrN3O2. The van der Waals surface area contributed by atoms with E-state index >= 15 is 0 Å². The molecule has 21 heavy (non-hydrogen) atoms. The van der Waals surface area contributed by atoms with Crippen LogP contribution in [0.15, 0.2) is 40.9 Å². The van der Waals surface area contributed by atoms with E-state index < -0.39 is 5.97 Å². The van der Waals surface area contributed by atoms with Gasteiger partial charge in [-0.15, -0.1) is 5.10 Å². The van der Waals surface area contributed by atoms with Gasteiger partial charge < -0.3 is 5.11 Å². The van der Waals surface area contributed by atoms with E-state index in [0.717, 1.165) is 20.9 Å². The molecule has 0 saturated carbocycles. The number of carboxylic acid groups (broad SMARTS) is 1. The number of carbonyl (C=O) groups is 1. The van der Waals surface area contributed by atoms with Gasteiger partial charge in [-0.2, -0.15) is 0 Å². The summed E-state index contributed by atoms with van der Waals surface area (Å²) < 4.78 is 2.59. The summed E-state index contributed by atoms with van der Waals surface area (Å²) in [5.74, 6) is -1.06. The highest BCUT2D eigenvalue weighted by Gasteiger charge is 2.19. The lowest BCUT2D eigenvalue weighted by Gasteiger charge is -2.10. The molecular weight excluding hydrogens is 334 g/mol. The van der Waals surface area contributed by atoms with Crippen molar-refractivity contribution in [2.24, 2.45) is 0 Å². The Balaban J connectivity index is 2.31. The quantitative estimate of drug-likeness (QED) is 0.789. The van der Waals surface area contributed by atoms with Crippen molar-refractivity contribution < 1.29 is 9.90 Å². The zero-order chi connectivity index (χ0) is 15.0. The molecule has 0 amide bonds. The van der Waals surface area contributed by atoms with Crippen molar-refractivity contribution in [2.75, 3.05) is 0 Å². The van der Waals surface area contributed by atoms with E-state index in [9.17, 15) is 9.90 Å². The van der Waals surface area contributed by atoms with Gasteiger partial charge in [-0.25, -0.2) is 9.48 Å². The lowest BCUT2D eigenvalue weighted by atomic mass is 10.1. The Morgan fingerprint density at radius 1 is 1.24 bits per heavy atom. The van der Waals surface area contributed by atoms with Gasteiger partial charge in [0, 0.05) is 9.86 Å². The molecule has 0 saturated heterocycles. The monoisotopic (exact) mass is 345 g/mol. The van der Waals surface area contributed by atoms with Crippen LogP contribution in [0.25, 0.3) is 16.5 Å². The van der Waals surface area contributed by atoms with Gasteiger partial charge in [0.05, 0.1) is 11.4 Å². The fourth-order valence-corrected chi connectivity index (χ4v) is 2.89. The molecule has 0 bridgehead atoms. The molecule has 0 unspecified atom stereocenters. The fraction of sp³-hybridized carbons (Fsp3) is 0.133. The minimum Gasteiger partial charge on any atom is -0.476 e. The van der Waals surface area contributed by atoms with Crippen molar-refractivity contribution in [3.8, 4) is 5.69 Å². The van der Waals surface area contributed by atoms with Crippen molar-refractivity contribution in [3.63, 3.8) is 0 Å². The number of hydrogen-bond donors (Lipinski definition) is 1. The zero-order valence-corrected chi connectivity index (χ0v) is 12.8. The second-order valence-electron chi connectivity index (χ2n) is 4.57. The Bertz CT molecular complexity index is 842. The highest BCUT2D eigenvalue weighted by molar-refractivity contribution is 9.10. The van der Waals surface area contributed by atoms with E-state index in [1.54, 1.807) is 4.68 Å². The first kappa shape index (κ1) is 13.8. The number of aromatic nitrogens is 3.